The minimum Gasteiger partial charge on any atom is -0.445 e. The van der Waals surface area contributed by atoms with Crippen LogP contribution in [-0.2, 0) is 20.9 Å². The first kappa shape index (κ1) is 22.3. The Morgan fingerprint density at radius 2 is 1.74 bits per heavy atom. The zero-order valence-electron chi connectivity index (χ0n) is 16.1. The van der Waals surface area contributed by atoms with Crippen LogP contribution in [-0.4, -0.2) is 36.3 Å². The molecule has 0 aliphatic heterocycles. The van der Waals surface area contributed by atoms with E-state index in [1.54, 1.807) is 20.8 Å². The number of nitrogens with two attached hydrogens (primary N) is 1. The number of amides is 3. The number of alkyl carbamates (subject to hydrolysis) is 2. The number of rotatable bonds is 9. The average Bonchev–Trinajstić information content (AvgIpc) is 2.57. The fraction of sp³-hybridized carbons (Fsp3) is 0.526. The third-order valence-electron chi connectivity index (χ3n) is 3.44. The zero-order chi connectivity index (χ0) is 20.3. The Hall–Kier alpha value is -2.77. The monoisotopic (exact) mass is 379 g/mol. The summed E-state index contributed by atoms with van der Waals surface area (Å²) in [5, 5.41) is 5.10. The van der Waals surface area contributed by atoms with Crippen LogP contribution in [0, 0.1) is 0 Å². The van der Waals surface area contributed by atoms with Gasteiger partial charge in [0, 0.05) is 6.54 Å². The van der Waals surface area contributed by atoms with Gasteiger partial charge >= 0.3 is 12.2 Å². The molecule has 0 saturated carbocycles. The smallest absolute Gasteiger partial charge is 0.408 e. The molecule has 0 aromatic heterocycles. The highest BCUT2D eigenvalue weighted by Gasteiger charge is 2.22. The molecule has 3 amide bonds. The van der Waals surface area contributed by atoms with Crippen molar-refractivity contribution in [1.29, 1.82) is 0 Å². The zero-order valence-corrected chi connectivity index (χ0v) is 16.1. The summed E-state index contributed by atoms with van der Waals surface area (Å²) in [6, 6.07) is 8.56. The second-order valence-electron chi connectivity index (χ2n) is 7.09. The van der Waals surface area contributed by atoms with Crippen LogP contribution in [0.4, 0.5) is 9.59 Å². The van der Waals surface area contributed by atoms with Crippen LogP contribution in [0.25, 0.3) is 0 Å². The van der Waals surface area contributed by atoms with Gasteiger partial charge in [-0.1, -0.05) is 30.3 Å². The van der Waals surface area contributed by atoms with Crippen molar-refractivity contribution < 1.29 is 23.9 Å². The molecule has 4 N–H and O–H groups in total. The summed E-state index contributed by atoms with van der Waals surface area (Å²) in [4.78, 5) is 34.8. The summed E-state index contributed by atoms with van der Waals surface area (Å²) in [6.45, 7) is 5.79. The molecule has 0 aliphatic rings. The summed E-state index contributed by atoms with van der Waals surface area (Å²) in [5.74, 6) is -0.629. The third kappa shape index (κ3) is 10.7. The van der Waals surface area contributed by atoms with Crippen LogP contribution in [0.15, 0.2) is 30.3 Å². The molecule has 0 spiro atoms. The second kappa shape index (κ2) is 11.1. The fourth-order valence-electron chi connectivity index (χ4n) is 2.17. The highest BCUT2D eigenvalue weighted by Crippen LogP contribution is 2.08. The lowest BCUT2D eigenvalue weighted by Crippen LogP contribution is -2.46. The van der Waals surface area contributed by atoms with E-state index in [1.165, 1.54) is 0 Å². The van der Waals surface area contributed by atoms with Crippen molar-refractivity contribution in [2.45, 2.75) is 58.3 Å². The first-order valence-corrected chi connectivity index (χ1v) is 8.91. The van der Waals surface area contributed by atoms with E-state index in [9.17, 15) is 14.4 Å². The van der Waals surface area contributed by atoms with Gasteiger partial charge < -0.3 is 25.8 Å². The van der Waals surface area contributed by atoms with Gasteiger partial charge in [0.05, 0.1) is 0 Å². The van der Waals surface area contributed by atoms with E-state index in [0.717, 1.165) is 5.56 Å². The number of primary amides is 1. The van der Waals surface area contributed by atoms with E-state index in [-0.39, 0.29) is 6.61 Å². The maximum atomic E-state index is 11.7. The number of hydrogen-bond acceptors (Lipinski definition) is 5. The summed E-state index contributed by atoms with van der Waals surface area (Å²) in [6.07, 6.45) is 0.365. The van der Waals surface area contributed by atoms with E-state index in [1.807, 2.05) is 30.3 Å². The average molecular weight is 379 g/mol. The number of carbonyl (C=O) groups excluding carboxylic acids is 3. The molecule has 1 aromatic rings. The van der Waals surface area contributed by atoms with Gasteiger partial charge in [-0.25, -0.2) is 9.59 Å². The lowest BCUT2D eigenvalue weighted by atomic mass is 10.1. The van der Waals surface area contributed by atoms with Gasteiger partial charge in [-0.15, -0.1) is 0 Å². The molecule has 27 heavy (non-hydrogen) atoms. The summed E-state index contributed by atoms with van der Waals surface area (Å²) in [5.41, 5.74) is 5.56. The Kier molecular flexibility index (Phi) is 9.12. The predicted octanol–water partition coefficient (Wildman–Crippen LogP) is 2.46. The van der Waals surface area contributed by atoms with Gasteiger partial charge in [0.25, 0.3) is 0 Å². The number of ether oxygens (including phenoxy) is 2. The molecule has 0 bridgehead atoms. The van der Waals surface area contributed by atoms with Crippen molar-refractivity contribution in [2.24, 2.45) is 5.73 Å². The maximum absolute atomic E-state index is 11.7. The molecule has 150 valence electrons. The molecule has 1 atom stereocenters. The van der Waals surface area contributed by atoms with E-state index >= 15 is 0 Å². The van der Waals surface area contributed by atoms with Crippen molar-refractivity contribution >= 4 is 18.1 Å². The first-order chi connectivity index (χ1) is 12.7. The molecule has 0 heterocycles. The number of unbranched alkanes of at least 4 members (excludes halogenated alkanes) is 1. The van der Waals surface area contributed by atoms with Gasteiger partial charge in [0.2, 0.25) is 5.91 Å². The molecule has 0 aliphatic carbocycles. The largest absolute Gasteiger partial charge is 0.445 e. The van der Waals surface area contributed by atoms with Crippen LogP contribution in [0.1, 0.15) is 45.6 Å². The fourth-order valence-corrected chi connectivity index (χ4v) is 2.17. The second-order valence-corrected chi connectivity index (χ2v) is 7.09. The molecular weight excluding hydrogens is 350 g/mol. The van der Waals surface area contributed by atoms with E-state index in [4.69, 9.17) is 15.2 Å². The Morgan fingerprint density at radius 1 is 1.07 bits per heavy atom. The molecule has 1 rings (SSSR count). The molecule has 8 nitrogen and oxygen atoms in total. The van der Waals surface area contributed by atoms with Gasteiger partial charge in [0.1, 0.15) is 18.2 Å². The molecule has 0 radical (unpaired) electrons. The number of nitrogens with one attached hydrogen (secondary N) is 2. The summed E-state index contributed by atoms with van der Waals surface area (Å²) >= 11 is 0. The Balaban J connectivity index is 2.21. The van der Waals surface area contributed by atoms with Crippen molar-refractivity contribution in [1.82, 2.24) is 10.6 Å². The number of carbonyl (C=O) groups is 3. The van der Waals surface area contributed by atoms with Gasteiger partial charge in [-0.2, -0.15) is 0 Å². The lowest BCUT2D eigenvalue weighted by molar-refractivity contribution is -0.120. The quantitative estimate of drug-likeness (QED) is 0.569. The summed E-state index contributed by atoms with van der Waals surface area (Å²) in [7, 11) is 0. The maximum Gasteiger partial charge on any atom is 0.408 e. The van der Waals surface area contributed by atoms with E-state index < -0.39 is 29.7 Å². The molecule has 1 aromatic carbocycles. The van der Waals surface area contributed by atoms with Crippen molar-refractivity contribution in [3.63, 3.8) is 0 Å². The van der Waals surface area contributed by atoms with Gasteiger partial charge in [-0.05, 0) is 45.6 Å². The molecular formula is C19H29N3O5. The Morgan fingerprint density at radius 3 is 2.33 bits per heavy atom. The van der Waals surface area contributed by atoms with Crippen molar-refractivity contribution in [2.75, 3.05) is 6.54 Å². The highest BCUT2D eigenvalue weighted by molar-refractivity contribution is 5.84. The lowest BCUT2D eigenvalue weighted by Gasteiger charge is -2.22. The minimum atomic E-state index is -0.815. The molecule has 8 heteroatoms. The Bertz CT molecular complexity index is 614. The SMILES string of the molecule is CC(C)(C)OC(=O)NC(CCCCNC(=O)OCc1ccccc1)C(N)=O. The van der Waals surface area contributed by atoms with Crippen LogP contribution in [0.2, 0.25) is 0 Å². The first-order valence-electron chi connectivity index (χ1n) is 8.91. The van der Waals surface area contributed by atoms with E-state index in [0.29, 0.717) is 25.8 Å². The Labute approximate surface area is 159 Å². The van der Waals surface area contributed by atoms with Crippen LogP contribution in [0.3, 0.4) is 0 Å². The van der Waals surface area contributed by atoms with Crippen LogP contribution < -0.4 is 16.4 Å². The van der Waals surface area contributed by atoms with Crippen molar-refractivity contribution in [3.8, 4) is 0 Å². The molecule has 0 fully saturated rings. The molecule has 1 unspecified atom stereocenters. The van der Waals surface area contributed by atoms with E-state index in [2.05, 4.69) is 10.6 Å². The van der Waals surface area contributed by atoms with Crippen molar-refractivity contribution in [3.05, 3.63) is 35.9 Å². The summed E-state index contributed by atoms with van der Waals surface area (Å²) < 4.78 is 10.2. The number of hydrogen-bond donors (Lipinski definition) is 3. The molecule has 0 saturated heterocycles. The number of benzene rings is 1. The predicted molar refractivity (Wildman–Crippen MR) is 101 cm³/mol. The third-order valence-corrected chi connectivity index (χ3v) is 3.44. The van der Waals surface area contributed by atoms with Crippen LogP contribution in [0.5, 0.6) is 0 Å². The van der Waals surface area contributed by atoms with Gasteiger partial charge in [0.15, 0.2) is 0 Å². The minimum absolute atomic E-state index is 0.205. The van der Waals surface area contributed by atoms with Crippen LogP contribution >= 0.6 is 0 Å². The normalized spacial score (nSPS) is 12.0. The van der Waals surface area contributed by atoms with Gasteiger partial charge in [-0.3, -0.25) is 4.79 Å². The topological polar surface area (TPSA) is 120 Å². The standard InChI is InChI=1S/C19H29N3O5/c1-19(2,3)27-18(25)22-15(16(20)23)11-7-8-12-21-17(24)26-13-14-9-5-4-6-10-14/h4-6,9-10,15H,7-8,11-13H2,1-3H3,(H2,20,23)(H,21,24)(H,22,25). The highest BCUT2D eigenvalue weighted by atomic mass is 16.6.